The van der Waals surface area contributed by atoms with E-state index in [4.69, 9.17) is 11.6 Å². The lowest BCUT2D eigenvalue weighted by atomic mass is 10.2. The summed E-state index contributed by atoms with van der Waals surface area (Å²) in [6, 6.07) is 17.6. The molecule has 0 aliphatic carbocycles. The first-order valence-corrected chi connectivity index (χ1v) is 5.75. The molecule has 0 heterocycles. The van der Waals surface area contributed by atoms with Gasteiger partial charge in [0.1, 0.15) is 0 Å². The van der Waals surface area contributed by atoms with Crippen LogP contribution < -0.4 is 5.43 Å². The number of rotatable bonds is 3. The molecule has 0 aromatic heterocycles. The van der Waals surface area contributed by atoms with Gasteiger partial charge < -0.3 is 0 Å². The molecular formula is C14H13ClN2. The predicted octanol–water partition coefficient (Wildman–Crippen LogP) is 4.01. The number of aryl methyl sites for hydroxylation is 1. The van der Waals surface area contributed by atoms with Crippen LogP contribution in [0.4, 0.5) is 5.69 Å². The number of nitrogens with zero attached hydrogens (tertiary/aromatic N) is 1. The fourth-order valence-corrected chi connectivity index (χ4v) is 1.55. The molecule has 2 aromatic carbocycles. The fourth-order valence-electron chi connectivity index (χ4n) is 1.38. The molecule has 2 aromatic rings. The minimum atomic E-state index is 0.450. The molecule has 3 heteroatoms. The van der Waals surface area contributed by atoms with Crippen LogP contribution in [0.1, 0.15) is 11.1 Å². The summed E-state index contributed by atoms with van der Waals surface area (Å²) in [6.45, 7) is 2.05. The Morgan fingerprint density at radius 3 is 2.29 bits per heavy atom. The van der Waals surface area contributed by atoms with Crippen molar-refractivity contribution in [3.63, 3.8) is 0 Å². The van der Waals surface area contributed by atoms with Crippen LogP contribution in [0.3, 0.4) is 0 Å². The molecule has 2 rings (SSSR count). The smallest absolute Gasteiger partial charge is 0.156 e. The van der Waals surface area contributed by atoms with Gasteiger partial charge in [0.15, 0.2) is 5.17 Å². The number of hydrazone groups is 1. The van der Waals surface area contributed by atoms with Crippen molar-refractivity contribution in [2.75, 3.05) is 5.43 Å². The second-order valence-corrected chi connectivity index (χ2v) is 4.10. The lowest BCUT2D eigenvalue weighted by molar-refractivity contribution is 1.33. The average molecular weight is 245 g/mol. The van der Waals surface area contributed by atoms with Gasteiger partial charge in [-0.15, -0.1) is 0 Å². The number of nitrogens with one attached hydrogen (secondary N) is 1. The van der Waals surface area contributed by atoms with Gasteiger partial charge >= 0.3 is 0 Å². The van der Waals surface area contributed by atoms with Gasteiger partial charge in [0.2, 0.25) is 0 Å². The summed E-state index contributed by atoms with van der Waals surface area (Å²) in [4.78, 5) is 0. The van der Waals surface area contributed by atoms with Crippen molar-refractivity contribution in [3.05, 3.63) is 65.7 Å². The van der Waals surface area contributed by atoms with Crippen molar-refractivity contribution in [2.24, 2.45) is 5.10 Å². The molecule has 17 heavy (non-hydrogen) atoms. The van der Waals surface area contributed by atoms with Gasteiger partial charge in [-0.1, -0.05) is 59.6 Å². The van der Waals surface area contributed by atoms with Gasteiger partial charge in [-0.2, -0.15) is 5.10 Å². The van der Waals surface area contributed by atoms with E-state index in [0.29, 0.717) is 5.17 Å². The summed E-state index contributed by atoms with van der Waals surface area (Å²) in [6.07, 6.45) is 0. The molecule has 0 bridgehead atoms. The summed E-state index contributed by atoms with van der Waals surface area (Å²) in [5.41, 5.74) is 5.96. The largest absolute Gasteiger partial charge is 0.277 e. The molecule has 0 atom stereocenters. The Bertz CT molecular complexity index is 504. The number of hydrogen-bond acceptors (Lipinski definition) is 2. The summed E-state index contributed by atoms with van der Waals surface area (Å²) in [7, 11) is 0. The Hall–Kier alpha value is -1.80. The topological polar surface area (TPSA) is 24.4 Å². The van der Waals surface area contributed by atoms with Crippen molar-refractivity contribution in [3.8, 4) is 0 Å². The summed E-state index contributed by atoms with van der Waals surface area (Å²) in [5, 5.41) is 4.58. The van der Waals surface area contributed by atoms with Gasteiger partial charge in [0.25, 0.3) is 0 Å². The molecule has 0 amide bonds. The van der Waals surface area contributed by atoms with Gasteiger partial charge in [-0.25, -0.2) is 0 Å². The third kappa shape index (κ3) is 3.33. The van der Waals surface area contributed by atoms with Crippen LogP contribution in [0, 0.1) is 6.92 Å². The zero-order valence-electron chi connectivity index (χ0n) is 9.52. The summed E-state index contributed by atoms with van der Waals surface area (Å²) < 4.78 is 0. The Labute approximate surface area is 106 Å². The van der Waals surface area contributed by atoms with Crippen molar-refractivity contribution >= 4 is 22.5 Å². The fraction of sp³-hybridized carbons (Fsp3) is 0.0714. The van der Waals surface area contributed by atoms with E-state index >= 15 is 0 Å². The molecule has 0 saturated heterocycles. The molecule has 0 saturated carbocycles. The maximum atomic E-state index is 6.07. The second-order valence-electron chi connectivity index (χ2n) is 3.75. The van der Waals surface area contributed by atoms with Crippen LogP contribution in [0.2, 0.25) is 0 Å². The normalized spacial score (nSPS) is 11.3. The van der Waals surface area contributed by atoms with E-state index in [1.807, 2.05) is 61.5 Å². The van der Waals surface area contributed by atoms with E-state index in [-0.39, 0.29) is 0 Å². The lowest BCUT2D eigenvalue weighted by Crippen LogP contribution is -1.96. The Morgan fingerprint density at radius 2 is 1.65 bits per heavy atom. The number of hydrogen-bond donors (Lipinski definition) is 1. The Kier molecular flexibility index (Phi) is 3.78. The van der Waals surface area contributed by atoms with Crippen molar-refractivity contribution in [1.29, 1.82) is 0 Å². The Morgan fingerprint density at radius 1 is 1.00 bits per heavy atom. The predicted molar refractivity (Wildman–Crippen MR) is 73.6 cm³/mol. The van der Waals surface area contributed by atoms with Crippen LogP contribution in [0.25, 0.3) is 0 Å². The molecule has 0 aliphatic heterocycles. The third-order valence-corrected chi connectivity index (χ3v) is 2.65. The second kappa shape index (κ2) is 5.51. The van der Waals surface area contributed by atoms with E-state index in [1.165, 1.54) is 5.56 Å². The summed E-state index contributed by atoms with van der Waals surface area (Å²) >= 11 is 6.07. The minimum absolute atomic E-state index is 0.450. The highest BCUT2D eigenvalue weighted by molar-refractivity contribution is 6.69. The van der Waals surface area contributed by atoms with Crippen molar-refractivity contribution < 1.29 is 0 Å². The molecule has 0 unspecified atom stereocenters. The number of anilines is 1. The molecule has 0 spiro atoms. The van der Waals surface area contributed by atoms with Crippen LogP contribution in [-0.4, -0.2) is 5.17 Å². The highest BCUT2D eigenvalue weighted by Gasteiger charge is 1.97. The van der Waals surface area contributed by atoms with Gasteiger partial charge in [-0.3, -0.25) is 5.43 Å². The van der Waals surface area contributed by atoms with E-state index < -0.39 is 0 Å². The summed E-state index contributed by atoms with van der Waals surface area (Å²) in [5.74, 6) is 0. The van der Waals surface area contributed by atoms with Gasteiger partial charge in [0, 0.05) is 5.56 Å². The molecular weight excluding hydrogens is 232 g/mol. The first-order chi connectivity index (χ1) is 8.25. The minimum Gasteiger partial charge on any atom is -0.277 e. The van der Waals surface area contributed by atoms with Crippen LogP contribution >= 0.6 is 11.6 Å². The molecule has 0 aliphatic rings. The zero-order valence-corrected chi connectivity index (χ0v) is 10.3. The van der Waals surface area contributed by atoms with Gasteiger partial charge in [0.05, 0.1) is 5.69 Å². The maximum absolute atomic E-state index is 6.07. The average Bonchev–Trinajstić information content (AvgIpc) is 2.39. The van der Waals surface area contributed by atoms with Crippen LogP contribution in [0.5, 0.6) is 0 Å². The van der Waals surface area contributed by atoms with Crippen molar-refractivity contribution in [2.45, 2.75) is 6.92 Å². The van der Waals surface area contributed by atoms with Crippen molar-refractivity contribution in [1.82, 2.24) is 0 Å². The monoisotopic (exact) mass is 244 g/mol. The molecule has 1 N–H and O–H groups in total. The highest BCUT2D eigenvalue weighted by atomic mass is 35.5. The third-order valence-electron chi connectivity index (χ3n) is 2.35. The zero-order chi connectivity index (χ0) is 12.1. The lowest BCUT2D eigenvalue weighted by Gasteiger charge is -2.02. The Balaban J connectivity index is 2.08. The van der Waals surface area contributed by atoms with E-state index in [2.05, 4.69) is 10.5 Å². The van der Waals surface area contributed by atoms with E-state index in [0.717, 1.165) is 11.3 Å². The number of halogens is 1. The first kappa shape index (κ1) is 11.7. The molecule has 0 fully saturated rings. The molecule has 0 radical (unpaired) electrons. The first-order valence-electron chi connectivity index (χ1n) is 5.37. The van der Waals surface area contributed by atoms with Crippen LogP contribution in [0.15, 0.2) is 59.7 Å². The van der Waals surface area contributed by atoms with E-state index in [1.54, 1.807) is 0 Å². The SMILES string of the molecule is Cc1ccc(N/N=C(\Cl)c2ccccc2)cc1. The van der Waals surface area contributed by atoms with Gasteiger partial charge in [-0.05, 0) is 19.1 Å². The van der Waals surface area contributed by atoms with Crippen LogP contribution in [-0.2, 0) is 0 Å². The molecule has 86 valence electrons. The molecule has 2 nitrogen and oxygen atoms in total. The highest BCUT2D eigenvalue weighted by Crippen LogP contribution is 2.10. The number of benzene rings is 2. The maximum Gasteiger partial charge on any atom is 0.156 e. The quantitative estimate of drug-likeness (QED) is 0.640. The standard InChI is InChI=1S/C14H13ClN2/c1-11-7-9-13(10-8-11)16-17-14(15)12-5-3-2-4-6-12/h2-10,16H,1H3/b17-14-. The van der Waals surface area contributed by atoms with E-state index in [9.17, 15) is 0 Å².